The van der Waals surface area contributed by atoms with Crippen LogP contribution >= 0.6 is 0 Å². The number of hydrogen-bond acceptors (Lipinski definition) is 2. The highest BCUT2D eigenvalue weighted by atomic mass is 14.7. The Morgan fingerprint density at radius 2 is 2.12 bits per heavy atom. The van der Waals surface area contributed by atoms with Gasteiger partial charge in [0.15, 0.2) is 0 Å². The third-order valence-corrected chi connectivity index (χ3v) is 3.48. The van der Waals surface area contributed by atoms with Gasteiger partial charge in [-0.2, -0.15) is 0 Å². The molecule has 0 amide bonds. The molecule has 0 saturated heterocycles. The Bertz CT molecular complexity index is 430. The van der Waals surface area contributed by atoms with Crippen LogP contribution in [-0.4, -0.2) is 4.98 Å². The van der Waals surface area contributed by atoms with E-state index in [2.05, 4.69) is 24.9 Å². The maximum Gasteiger partial charge on any atom is 0.0890 e. The molecule has 1 aliphatic rings. The molecule has 0 unspecified atom stereocenters. The van der Waals surface area contributed by atoms with Gasteiger partial charge in [-0.25, -0.2) is 0 Å². The Kier molecular flexibility index (Phi) is 2.75. The average Bonchev–Trinajstić information content (AvgIpc) is 2.23. The van der Waals surface area contributed by atoms with Gasteiger partial charge >= 0.3 is 0 Å². The second-order valence-electron chi connectivity index (χ2n) is 5.49. The van der Waals surface area contributed by atoms with E-state index in [1.807, 2.05) is 19.2 Å². The zero-order valence-corrected chi connectivity index (χ0v) is 10.4. The maximum atomic E-state index is 6.08. The second-order valence-corrected chi connectivity index (χ2v) is 5.49. The van der Waals surface area contributed by atoms with Crippen LogP contribution in [-0.2, 0) is 0 Å². The first-order valence-electron chi connectivity index (χ1n) is 5.90. The lowest BCUT2D eigenvalue weighted by atomic mass is 9.77. The molecule has 0 atom stereocenters. The van der Waals surface area contributed by atoms with E-state index in [0.717, 1.165) is 29.8 Å². The van der Waals surface area contributed by atoms with Gasteiger partial charge in [0.2, 0.25) is 0 Å². The van der Waals surface area contributed by atoms with Gasteiger partial charge in [0.1, 0.15) is 0 Å². The van der Waals surface area contributed by atoms with Gasteiger partial charge in [-0.1, -0.05) is 19.9 Å². The molecule has 1 aromatic heterocycles. The summed E-state index contributed by atoms with van der Waals surface area (Å²) in [6, 6.07) is 1.96. The standard InChI is InChI=1S/C14H20N2/c1-10-6-9-16-13(12(10)15)11-4-7-14(2,3)8-5-11/h4,6,9H,5,7-8,15H2,1-3H3. The molecule has 1 aliphatic carbocycles. The smallest absolute Gasteiger partial charge is 0.0890 e. The minimum absolute atomic E-state index is 0.433. The highest BCUT2D eigenvalue weighted by Crippen LogP contribution is 2.38. The number of anilines is 1. The molecular weight excluding hydrogens is 196 g/mol. The van der Waals surface area contributed by atoms with Crippen LogP contribution in [0.15, 0.2) is 18.3 Å². The molecule has 2 rings (SSSR count). The molecule has 0 spiro atoms. The Balaban J connectivity index is 2.33. The molecule has 0 bridgehead atoms. The summed E-state index contributed by atoms with van der Waals surface area (Å²) in [5.74, 6) is 0. The lowest BCUT2D eigenvalue weighted by Gasteiger charge is -2.28. The molecular formula is C14H20N2. The first-order chi connectivity index (χ1) is 7.49. The Morgan fingerprint density at radius 3 is 2.75 bits per heavy atom. The zero-order valence-electron chi connectivity index (χ0n) is 10.4. The fourth-order valence-corrected chi connectivity index (χ4v) is 2.12. The SMILES string of the molecule is Cc1ccnc(C2=CCC(C)(C)CC2)c1N. The third kappa shape index (κ3) is 2.11. The van der Waals surface area contributed by atoms with E-state index in [0.29, 0.717) is 5.41 Å². The van der Waals surface area contributed by atoms with Gasteiger partial charge in [0.05, 0.1) is 11.4 Å². The summed E-state index contributed by atoms with van der Waals surface area (Å²) in [7, 11) is 0. The fraction of sp³-hybridized carbons (Fsp3) is 0.500. The summed E-state index contributed by atoms with van der Waals surface area (Å²) in [4.78, 5) is 4.42. The van der Waals surface area contributed by atoms with Gasteiger partial charge in [-0.3, -0.25) is 4.98 Å². The molecule has 2 heteroatoms. The summed E-state index contributed by atoms with van der Waals surface area (Å²) < 4.78 is 0. The normalized spacial score (nSPS) is 19.3. The van der Waals surface area contributed by atoms with Crippen molar-refractivity contribution in [3.8, 4) is 0 Å². The van der Waals surface area contributed by atoms with Gasteiger partial charge in [-0.05, 0) is 48.8 Å². The van der Waals surface area contributed by atoms with E-state index in [1.165, 1.54) is 12.0 Å². The Hall–Kier alpha value is -1.31. The van der Waals surface area contributed by atoms with Crippen LogP contribution in [0.25, 0.3) is 5.57 Å². The summed E-state index contributed by atoms with van der Waals surface area (Å²) in [5, 5.41) is 0. The average molecular weight is 216 g/mol. The number of nitrogens with two attached hydrogens (primary N) is 1. The molecule has 2 N–H and O–H groups in total. The minimum Gasteiger partial charge on any atom is -0.397 e. The number of aromatic nitrogens is 1. The van der Waals surface area contributed by atoms with Gasteiger partial charge < -0.3 is 5.73 Å². The van der Waals surface area contributed by atoms with Gasteiger partial charge in [0, 0.05) is 6.20 Å². The number of nitrogens with zero attached hydrogens (tertiary/aromatic N) is 1. The third-order valence-electron chi connectivity index (χ3n) is 3.48. The molecule has 0 radical (unpaired) electrons. The highest BCUT2D eigenvalue weighted by molar-refractivity contribution is 5.74. The van der Waals surface area contributed by atoms with Crippen molar-refractivity contribution in [2.24, 2.45) is 5.41 Å². The highest BCUT2D eigenvalue weighted by Gasteiger charge is 2.23. The maximum absolute atomic E-state index is 6.08. The lowest BCUT2D eigenvalue weighted by Crippen LogP contribution is -2.15. The molecule has 0 saturated carbocycles. The van der Waals surface area contributed by atoms with Crippen molar-refractivity contribution >= 4 is 11.3 Å². The number of hydrogen-bond donors (Lipinski definition) is 1. The number of rotatable bonds is 1. The van der Waals surface area contributed by atoms with Crippen molar-refractivity contribution < 1.29 is 0 Å². The zero-order chi connectivity index (χ0) is 11.8. The van der Waals surface area contributed by atoms with Crippen molar-refractivity contribution in [2.75, 3.05) is 5.73 Å². The van der Waals surface area contributed by atoms with Crippen LogP contribution in [0.1, 0.15) is 44.4 Å². The first kappa shape index (κ1) is 11.2. The number of pyridine rings is 1. The second kappa shape index (κ2) is 3.93. The van der Waals surface area contributed by atoms with Gasteiger partial charge in [-0.15, -0.1) is 0 Å². The molecule has 2 nitrogen and oxygen atoms in total. The first-order valence-corrected chi connectivity index (χ1v) is 5.90. The molecule has 0 fully saturated rings. The molecule has 0 aliphatic heterocycles. The van der Waals surface area contributed by atoms with E-state index in [4.69, 9.17) is 5.73 Å². The Labute approximate surface area is 97.6 Å². The number of allylic oxidation sites excluding steroid dienone is 2. The van der Waals surface area contributed by atoms with Crippen LogP contribution in [0, 0.1) is 12.3 Å². The van der Waals surface area contributed by atoms with Gasteiger partial charge in [0.25, 0.3) is 0 Å². The van der Waals surface area contributed by atoms with E-state index in [1.54, 1.807) is 0 Å². The van der Waals surface area contributed by atoms with Crippen molar-refractivity contribution in [2.45, 2.75) is 40.0 Å². The van der Waals surface area contributed by atoms with Crippen LogP contribution in [0.5, 0.6) is 0 Å². The molecule has 16 heavy (non-hydrogen) atoms. The van der Waals surface area contributed by atoms with Crippen molar-refractivity contribution in [3.63, 3.8) is 0 Å². The molecule has 1 heterocycles. The van der Waals surface area contributed by atoms with E-state index >= 15 is 0 Å². The number of aryl methyl sites for hydroxylation is 1. The van der Waals surface area contributed by atoms with Crippen LogP contribution in [0.3, 0.4) is 0 Å². The van der Waals surface area contributed by atoms with Crippen molar-refractivity contribution in [1.82, 2.24) is 4.98 Å². The summed E-state index contributed by atoms with van der Waals surface area (Å²) in [6.45, 7) is 6.66. The summed E-state index contributed by atoms with van der Waals surface area (Å²) in [5.41, 5.74) is 10.8. The molecule has 86 valence electrons. The van der Waals surface area contributed by atoms with Crippen molar-refractivity contribution in [3.05, 3.63) is 29.6 Å². The fourth-order valence-electron chi connectivity index (χ4n) is 2.12. The predicted molar refractivity (Wildman–Crippen MR) is 69.0 cm³/mol. The number of nitrogen functional groups attached to an aromatic ring is 1. The van der Waals surface area contributed by atoms with Crippen LogP contribution < -0.4 is 5.73 Å². The van der Waals surface area contributed by atoms with Crippen LogP contribution in [0.4, 0.5) is 5.69 Å². The summed E-state index contributed by atoms with van der Waals surface area (Å²) >= 11 is 0. The van der Waals surface area contributed by atoms with E-state index < -0.39 is 0 Å². The van der Waals surface area contributed by atoms with E-state index in [9.17, 15) is 0 Å². The van der Waals surface area contributed by atoms with Crippen LogP contribution in [0.2, 0.25) is 0 Å². The predicted octanol–water partition coefficient (Wildman–Crippen LogP) is 3.57. The molecule has 0 aromatic carbocycles. The molecule has 1 aromatic rings. The monoisotopic (exact) mass is 216 g/mol. The topological polar surface area (TPSA) is 38.9 Å². The Morgan fingerprint density at radius 1 is 1.38 bits per heavy atom. The summed E-state index contributed by atoms with van der Waals surface area (Å²) in [6.07, 6.45) is 7.59. The van der Waals surface area contributed by atoms with E-state index in [-0.39, 0.29) is 0 Å². The largest absolute Gasteiger partial charge is 0.397 e. The quantitative estimate of drug-likeness (QED) is 0.779. The van der Waals surface area contributed by atoms with Crippen molar-refractivity contribution in [1.29, 1.82) is 0 Å². The lowest BCUT2D eigenvalue weighted by molar-refractivity contribution is 0.335. The minimum atomic E-state index is 0.433.